The lowest BCUT2D eigenvalue weighted by molar-refractivity contribution is 0.104. The van der Waals surface area contributed by atoms with Crippen LogP contribution in [0.3, 0.4) is 0 Å². The van der Waals surface area contributed by atoms with Crippen LogP contribution in [0, 0.1) is 0 Å². The van der Waals surface area contributed by atoms with E-state index in [9.17, 15) is 4.79 Å². The summed E-state index contributed by atoms with van der Waals surface area (Å²) in [5.74, 6) is -0.0275. The summed E-state index contributed by atoms with van der Waals surface area (Å²) in [6, 6.07) is 33.3. The standard InChI is InChI=1S/C31H17BrClN3O/c32-20-12-16-22(17-13-20)36-31-27(28(35-36)19-6-2-1-3-7-19)25(18-10-14-21(33)15-11-18)26-29(34-31)23-8-4-5-9-24(23)30(26)37/h1-17H. The summed E-state index contributed by atoms with van der Waals surface area (Å²) in [6.45, 7) is 0. The maximum absolute atomic E-state index is 13.9. The smallest absolute Gasteiger partial charge is 0.196 e. The second-order valence-corrected chi connectivity index (χ2v) is 10.2. The molecular weight excluding hydrogens is 546 g/mol. The molecule has 0 saturated heterocycles. The highest BCUT2D eigenvalue weighted by Gasteiger charge is 2.34. The van der Waals surface area contributed by atoms with Gasteiger partial charge in [0.05, 0.1) is 22.3 Å². The van der Waals surface area contributed by atoms with Gasteiger partial charge >= 0.3 is 0 Å². The van der Waals surface area contributed by atoms with Gasteiger partial charge in [-0.1, -0.05) is 94.3 Å². The van der Waals surface area contributed by atoms with E-state index in [1.54, 1.807) is 0 Å². The van der Waals surface area contributed by atoms with Gasteiger partial charge in [-0.25, -0.2) is 9.67 Å². The van der Waals surface area contributed by atoms with E-state index in [0.29, 0.717) is 27.5 Å². The molecule has 0 N–H and O–H groups in total. The minimum Gasteiger partial charge on any atom is -0.288 e. The Morgan fingerprint density at radius 3 is 2.08 bits per heavy atom. The third kappa shape index (κ3) is 3.46. The van der Waals surface area contributed by atoms with Crippen LogP contribution in [0.25, 0.3) is 50.4 Å². The predicted molar refractivity (Wildman–Crippen MR) is 151 cm³/mol. The Balaban J connectivity index is 1.67. The minimum atomic E-state index is -0.0275. The second kappa shape index (κ2) is 8.51. The van der Waals surface area contributed by atoms with Crippen molar-refractivity contribution in [1.82, 2.24) is 14.8 Å². The number of benzene rings is 4. The lowest BCUT2D eigenvalue weighted by Gasteiger charge is -2.12. The van der Waals surface area contributed by atoms with Crippen LogP contribution in [-0.2, 0) is 0 Å². The molecule has 2 heterocycles. The first-order chi connectivity index (χ1) is 18.1. The van der Waals surface area contributed by atoms with E-state index >= 15 is 0 Å². The molecule has 6 aromatic rings. The number of carbonyl (C=O) groups is 1. The molecule has 0 atom stereocenters. The monoisotopic (exact) mass is 561 g/mol. The van der Waals surface area contributed by atoms with Gasteiger partial charge in [0.25, 0.3) is 0 Å². The van der Waals surface area contributed by atoms with Crippen LogP contribution in [0.2, 0.25) is 5.02 Å². The average Bonchev–Trinajstić information content (AvgIpc) is 3.45. The number of hydrogen-bond donors (Lipinski definition) is 0. The molecule has 176 valence electrons. The topological polar surface area (TPSA) is 47.8 Å². The number of rotatable bonds is 3. The first-order valence-corrected chi connectivity index (χ1v) is 13.0. The minimum absolute atomic E-state index is 0.0275. The van der Waals surface area contributed by atoms with Crippen LogP contribution in [0.5, 0.6) is 0 Å². The fraction of sp³-hybridized carbons (Fsp3) is 0. The molecule has 7 rings (SSSR count). The van der Waals surface area contributed by atoms with Crippen molar-refractivity contribution in [3.05, 3.63) is 124 Å². The number of carbonyl (C=O) groups excluding carboxylic acids is 1. The highest BCUT2D eigenvalue weighted by molar-refractivity contribution is 9.10. The third-order valence-corrected chi connectivity index (χ3v) is 7.50. The number of pyridine rings is 1. The fourth-order valence-corrected chi connectivity index (χ4v) is 5.44. The van der Waals surface area contributed by atoms with Gasteiger partial charge in [-0.3, -0.25) is 4.79 Å². The van der Waals surface area contributed by atoms with Crippen molar-refractivity contribution in [2.45, 2.75) is 0 Å². The van der Waals surface area contributed by atoms with Crippen LogP contribution in [0.15, 0.2) is 108 Å². The summed E-state index contributed by atoms with van der Waals surface area (Å²) in [5, 5.41) is 6.55. The first-order valence-electron chi connectivity index (χ1n) is 11.8. The van der Waals surface area contributed by atoms with E-state index in [1.165, 1.54) is 0 Å². The normalized spacial score (nSPS) is 12.1. The summed E-state index contributed by atoms with van der Waals surface area (Å²) in [4.78, 5) is 19.0. The van der Waals surface area contributed by atoms with Crippen LogP contribution in [0.4, 0.5) is 0 Å². The van der Waals surface area contributed by atoms with Crippen molar-refractivity contribution in [3.8, 4) is 39.3 Å². The van der Waals surface area contributed by atoms with Gasteiger partial charge in [0.1, 0.15) is 5.69 Å². The lowest BCUT2D eigenvalue weighted by atomic mass is 9.93. The van der Waals surface area contributed by atoms with Crippen LogP contribution >= 0.6 is 27.5 Å². The summed E-state index contributed by atoms with van der Waals surface area (Å²) >= 11 is 9.79. The number of fused-ring (bicyclic) bond motifs is 4. The van der Waals surface area contributed by atoms with Gasteiger partial charge in [0, 0.05) is 31.7 Å². The van der Waals surface area contributed by atoms with Crippen molar-refractivity contribution in [2.75, 3.05) is 0 Å². The molecule has 0 unspecified atom stereocenters. The molecule has 37 heavy (non-hydrogen) atoms. The zero-order chi connectivity index (χ0) is 25.1. The van der Waals surface area contributed by atoms with Gasteiger partial charge in [-0.2, -0.15) is 5.10 Å². The highest BCUT2D eigenvalue weighted by atomic mass is 79.9. The number of halogens is 2. The summed E-state index contributed by atoms with van der Waals surface area (Å²) in [5.41, 5.74) is 7.77. The SMILES string of the molecule is O=C1c2ccccc2-c2nc3c(c(-c4ccccc4)nn3-c3ccc(Br)cc3)c(-c3ccc(Cl)cc3)c21. The number of hydrogen-bond acceptors (Lipinski definition) is 3. The highest BCUT2D eigenvalue weighted by Crippen LogP contribution is 2.46. The summed E-state index contributed by atoms with van der Waals surface area (Å²) < 4.78 is 2.85. The molecule has 0 radical (unpaired) electrons. The second-order valence-electron chi connectivity index (χ2n) is 8.89. The maximum atomic E-state index is 13.9. The average molecular weight is 563 g/mol. The van der Waals surface area contributed by atoms with E-state index in [0.717, 1.165) is 43.5 Å². The Hall–Kier alpha value is -4.06. The molecule has 0 fully saturated rings. The molecular formula is C31H17BrClN3O. The predicted octanol–water partition coefficient (Wildman–Crippen LogP) is 8.38. The molecule has 2 aromatic heterocycles. The van der Waals surface area contributed by atoms with Gasteiger partial charge in [-0.15, -0.1) is 0 Å². The zero-order valence-corrected chi connectivity index (χ0v) is 21.7. The summed E-state index contributed by atoms with van der Waals surface area (Å²) in [7, 11) is 0. The Labute approximate surface area is 226 Å². The molecule has 4 nitrogen and oxygen atoms in total. The number of nitrogens with zero attached hydrogens (tertiary/aromatic N) is 3. The molecule has 0 saturated carbocycles. The third-order valence-electron chi connectivity index (χ3n) is 6.72. The van der Waals surface area contributed by atoms with E-state index in [1.807, 2.05) is 108 Å². The molecule has 0 spiro atoms. The zero-order valence-electron chi connectivity index (χ0n) is 19.3. The molecule has 1 aliphatic rings. The molecule has 0 bridgehead atoms. The summed E-state index contributed by atoms with van der Waals surface area (Å²) in [6.07, 6.45) is 0. The Kier molecular flexibility index (Phi) is 5.10. The number of ketones is 1. The van der Waals surface area contributed by atoms with E-state index in [2.05, 4.69) is 15.9 Å². The Bertz CT molecular complexity index is 1840. The Morgan fingerprint density at radius 2 is 1.35 bits per heavy atom. The van der Waals surface area contributed by atoms with E-state index in [-0.39, 0.29) is 5.78 Å². The molecule has 0 aliphatic heterocycles. The molecule has 4 aromatic carbocycles. The van der Waals surface area contributed by atoms with Crippen LogP contribution in [-0.4, -0.2) is 20.5 Å². The first kappa shape index (κ1) is 22.2. The van der Waals surface area contributed by atoms with Crippen LogP contribution < -0.4 is 0 Å². The van der Waals surface area contributed by atoms with Crippen molar-refractivity contribution >= 4 is 44.3 Å². The number of aromatic nitrogens is 3. The Morgan fingerprint density at radius 1 is 0.676 bits per heavy atom. The molecule has 1 aliphatic carbocycles. The largest absolute Gasteiger partial charge is 0.288 e. The molecule has 0 amide bonds. The van der Waals surface area contributed by atoms with Crippen molar-refractivity contribution in [1.29, 1.82) is 0 Å². The van der Waals surface area contributed by atoms with Crippen molar-refractivity contribution in [2.24, 2.45) is 0 Å². The molecule has 6 heteroatoms. The van der Waals surface area contributed by atoms with Crippen molar-refractivity contribution in [3.63, 3.8) is 0 Å². The lowest BCUT2D eigenvalue weighted by Crippen LogP contribution is -2.02. The van der Waals surface area contributed by atoms with Crippen LogP contribution in [0.1, 0.15) is 15.9 Å². The maximum Gasteiger partial charge on any atom is 0.196 e. The van der Waals surface area contributed by atoms with E-state index < -0.39 is 0 Å². The fourth-order valence-electron chi connectivity index (χ4n) is 5.05. The quantitative estimate of drug-likeness (QED) is 0.217. The van der Waals surface area contributed by atoms with Gasteiger partial charge in [0.15, 0.2) is 11.4 Å². The van der Waals surface area contributed by atoms with Gasteiger partial charge in [0.2, 0.25) is 0 Å². The van der Waals surface area contributed by atoms with Gasteiger partial charge < -0.3 is 0 Å². The van der Waals surface area contributed by atoms with E-state index in [4.69, 9.17) is 21.7 Å². The van der Waals surface area contributed by atoms with Gasteiger partial charge in [-0.05, 0) is 42.0 Å². The van der Waals surface area contributed by atoms with Crippen molar-refractivity contribution < 1.29 is 4.79 Å².